The zero-order valence-electron chi connectivity index (χ0n) is 11.9. The Balaban J connectivity index is 1.97. The summed E-state index contributed by atoms with van der Waals surface area (Å²) in [5, 5.41) is 0.317. The lowest BCUT2D eigenvalue weighted by Gasteiger charge is -2.22. The molecular weight excluding hydrogens is 278 g/mol. The zero-order valence-corrected chi connectivity index (χ0v) is 12.7. The van der Waals surface area contributed by atoms with Gasteiger partial charge in [0.2, 0.25) is 0 Å². The van der Waals surface area contributed by atoms with Crippen LogP contribution in [0.15, 0.2) is 12.1 Å². The molecule has 0 bridgehead atoms. The first-order chi connectivity index (χ1) is 9.56. The normalized spacial score (nSPS) is 19.1. The van der Waals surface area contributed by atoms with Gasteiger partial charge in [0.05, 0.1) is 11.7 Å². The van der Waals surface area contributed by atoms with Crippen molar-refractivity contribution in [1.82, 2.24) is 4.98 Å². The molecule has 1 aliphatic rings. The number of hydrogen-bond donors (Lipinski definition) is 0. The molecule has 0 amide bonds. The molecule has 0 radical (unpaired) electrons. The predicted molar refractivity (Wildman–Crippen MR) is 77.2 cm³/mol. The van der Waals surface area contributed by atoms with Crippen molar-refractivity contribution in [3.8, 4) is 0 Å². The van der Waals surface area contributed by atoms with Crippen molar-refractivity contribution in [2.75, 3.05) is 13.2 Å². The highest BCUT2D eigenvalue weighted by atomic mass is 35.5. The standard InChI is InChI=1S/C15H20ClNO3/c1-10(2)13-7-11(8-14(16)17-13)15(18)20-9-12-5-3-4-6-19-12/h7-8,10,12H,3-6,9H2,1-2H3. The van der Waals surface area contributed by atoms with Gasteiger partial charge in [-0.3, -0.25) is 0 Å². The van der Waals surface area contributed by atoms with Crippen LogP contribution in [0.5, 0.6) is 0 Å². The molecule has 1 fully saturated rings. The molecule has 5 heteroatoms. The third-order valence-electron chi connectivity index (χ3n) is 3.32. The van der Waals surface area contributed by atoms with Crippen molar-refractivity contribution >= 4 is 17.6 Å². The molecule has 0 spiro atoms. The lowest BCUT2D eigenvalue weighted by atomic mass is 10.1. The molecule has 0 aliphatic carbocycles. The van der Waals surface area contributed by atoms with E-state index in [1.807, 2.05) is 13.8 Å². The summed E-state index contributed by atoms with van der Waals surface area (Å²) in [4.78, 5) is 16.2. The topological polar surface area (TPSA) is 48.4 Å². The summed E-state index contributed by atoms with van der Waals surface area (Å²) in [5.41, 5.74) is 1.24. The Bertz CT molecular complexity index is 470. The van der Waals surface area contributed by atoms with E-state index >= 15 is 0 Å². The molecule has 2 heterocycles. The lowest BCUT2D eigenvalue weighted by molar-refractivity contribution is -0.0300. The number of hydrogen-bond acceptors (Lipinski definition) is 4. The van der Waals surface area contributed by atoms with Crippen LogP contribution in [0, 0.1) is 0 Å². The minimum Gasteiger partial charge on any atom is -0.459 e. The van der Waals surface area contributed by atoms with Gasteiger partial charge in [0.25, 0.3) is 0 Å². The maximum absolute atomic E-state index is 12.1. The molecule has 1 unspecified atom stereocenters. The van der Waals surface area contributed by atoms with Gasteiger partial charge in [0.1, 0.15) is 11.8 Å². The first-order valence-corrected chi connectivity index (χ1v) is 7.40. The third kappa shape index (κ3) is 4.18. The number of rotatable bonds is 4. The molecule has 4 nitrogen and oxygen atoms in total. The summed E-state index contributed by atoms with van der Waals surface area (Å²) in [6.07, 6.45) is 3.18. The first-order valence-electron chi connectivity index (χ1n) is 7.02. The number of nitrogens with zero attached hydrogens (tertiary/aromatic N) is 1. The van der Waals surface area contributed by atoms with E-state index in [9.17, 15) is 4.79 Å². The smallest absolute Gasteiger partial charge is 0.338 e. The van der Waals surface area contributed by atoms with E-state index in [-0.39, 0.29) is 18.0 Å². The number of esters is 1. The molecule has 0 N–H and O–H groups in total. The number of halogens is 1. The van der Waals surface area contributed by atoms with Gasteiger partial charge in [-0.25, -0.2) is 9.78 Å². The maximum atomic E-state index is 12.1. The van der Waals surface area contributed by atoms with E-state index in [4.69, 9.17) is 21.1 Å². The van der Waals surface area contributed by atoms with Crippen molar-refractivity contribution in [2.24, 2.45) is 0 Å². The van der Waals surface area contributed by atoms with E-state index in [1.165, 1.54) is 6.07 Å². The van der Waals surface area contributed by atoms with E-state index in [0.717, 1.165) is 31.6 Å². The van der Waals surface area contributed by atoms with Crippen molar-refractivity contribution < 1.29 is 14.3 Å². The molecule has 0 saturated carbocycles. The summed E-state index contributed by atoms with van der Waals surface area (Å²) in [6.45, 7) is 5.06. The third-order valence-corrected chi connectivity index (χ3v) is 3.51. The Morgan fingerprint density at radius 3 is 2.95 bits per heavy atom. The summed E-state index contributed by atoms with van der Waals surface area (Å²) >= 11 is 5.94. The van der Waals surface area contributed by atoms with Crippen LogP contribution in [-0.4, -0.2) is 30.3 Å². The van der Waals surface area contributed by atoms with E-state index < -0.39 is 0 Å². The van der Waals surface area contributed by atoms with Crippen molar-refractivity contribution in [3.63, 3.8) is 0 Å². The Hall–Kier alpha value is -1.13. The second-order valence-corrected chi connectivity index (χ2v) is 5.73. The molecular formula is C15H20ClNO3. The number of carbonyl (C=O) groups is 1. The van der Waals surface area contributed by atoms with Crippen LogP contribution in [0.2, 0.25) is 5.15 Å². The molecule has 2 rings (SSSR count). The van der Waals surface area contributed by atoms with Gasteiger partial charge in [-0.05, 0) is 37.3 Å². The second-order valence-electron chi connectivity index (χ2n) is 5.35. The van der Waals surface area contributed by atoms with Gasteiger partial charge < -0.3 is 9.47 Å². The highest BCUT2D eigenvalue weighted by molar-refractivity contribution is 6.29. The summed E-state index contributed by atoms with van der Waals surface area (Å²) in [7, 11) is 0. The summed E-state index contributed by atoms with van der Waals surface area (Å²) in [6, 6.07) is 3.28. The quantitative estimate of drug-likeness (QED) is 0.629. The fraction of sp³-hybridized carbons (Fsp3) is 0.600. The Labute approximate surface area is 124 Å². The summed E-state index contributed by atoms with van der Waals surface area (Å²) in [5.74, 6) is -0.160. The van der Waals surface area contributed by atoms with Gasteiger partial charge in [0.15, 0.2) is 0 Å². The molecule has 0 aromatic carbocycles. The van der Waals surface area contributed by atoms with Gasteiger partial charge in [-0.1, -0.05) is 25.4 Å². The molecule has 1 aromatic rings. The van der Waals surface area contributed by atoms with Crippen LogP contribution in [0.3, 0.4) is 0 Å². The number of aromatic nitrogens is 1. The molecule has 1 aliphatic heterocycles. The zero-order chi connectivity index (χ0) is 14.5. The van der Waals surface area contributed by atoms with Crippen molar-refractivity contribution in [3.05, 3.63) is 28.5 Å². The van der Waals surface area contributed by atoms with Gasteiger partial charge in [-0.15, -0.1) is 0 Å². The first kappa shape index (κ1) is 15.3. The van der Waals surface area contributed by atoms with Crippen molar-refractivity contribution in [2.45, 2.75) is 45.1 Å². The molecule has 20 heavy (non-hydrogen) atoms. The number of carbonyl (C=O) groups excluding carboxylic acids is 1. The minimum absolute atomic E-state index is 0.0228. The van der Waals surface area contributed by atoms with E-state index in [1.54, 1.807) is 6.07 Å². The van der Waals surface area contributed by atoms with Crippen LogP contribution < -0.4 is 0 Å². The molecule has 1 saturated heterocycles. The monoisotopic (exact) mass is 297 g/mol. The van der Waals surface area contributed by atoms with E-state index in [0.29, 0.717) is 17.3 Å². The van der Waals surface area contributed by atoms with Gasteiger partial charge >= 0.3 is 5.97 Å². The van der Waals surface area contributed by atoms with Crippen LogP contribution in [-0.2, 0) is 9.47 Å². The maximum Gasteiger partial charge on any atom is 0.338 e. The number of ether oxygens (including phenoxy) is 2. The van der Waals surface area contributed by atoms with Crippen LogP contribution in [0.25, 0.3) is 0 Å². The highest BCUT2D eigenvalue weighted by Crippen LogP contribution is 2.19. The fourth-order valence-electron chi connectivity index (χ4n) is 2.12. The van der Waals surface area contributed by atoms with Crippen LogP contribution >= 0.6 is 11.6 Å². The Kier molecular flexibility index (Phi) is 5.38. The largest absolute Gasteiger partial charge is 0.459 e. The van der Waals surface area contributed by atoms with Crippen LogP contribution in [0.1, 0.15) is 55.1 Å². The lowest BCUT2D eigenvalue weighted by Crippen LogP contribution is -2.26. The minimum atomic E-state index is -0.370. The van der Waals surface area contributed by atoms with Gasteiger partial charge in [-0.2, -0.15) is 0 Å². The van der Waals surface area contributed by atoms with Gasteiger partial charge in [0, 0.05) is 12.3 Å². The second kappa shape index (κ2) is 7.04. The summed E-state index contributed by atoms with van der Waals surface area (Å²) < 4.78 is 10.8. The molecule has 1 atom stereocenters. The molecule has 1 aromatic heterocycles. The highest BCUT2D eigenvalue weighted by Gasteiger charge is 2.18. The van der Waals surface area contributed by atoms with Crippen molar-refractivity contribution in [1.29, 1.82) is 0 Å². The average molecular weight is 298 g/mol. The predicted octanol–water partition coefficient (Wildman–Crippen LogP) is 3.58. The Morgan fingerprint density at radius 2 is 2.30 bits per heavy atom. The SMILES string of the molecule is CC(C)c1cc(C(=O)OCC2CCCCO2)cc(Cl)n1. The average Bonchev–Trinajstić information content (AvgIpc) is 2.45. The fourth-order valence-corrected chi connectivity index (χ4v) is 2.34. The molecule has 110 valence electrons. The number of pyridine rings is 1. The Morgan fingerprint density at radius 1 is 1.50 bits per heavy atom. The van der Waals surface area contributed by atoms with Crippen LogP contribution in [0.4, 0.5) is 0 Å². The van der Waals surface area contributed by atoms with E-state index in [2.05, 4.69) is 4.98 Å².